The fourth-order valence-corrected chi connectivity index (χ4v) is 0.752. The highest BCUT2D eigenvalue weighted by atomic mass is 16.6. The molecule has 0 aromatic carbocycles. The number of hydrogen-bond donors (Lipinski definition) is 1. The Morgan fingerprint density at radius 2 is 2.56 bits per heavy atom. The Kier molecular flexibility index (Phi) is 1.35. The highest BCUT2D eigenvalue weighted by molar-refractivity contribution is 5.70. The minimum absolute atomic E-state index is 0.253. The molecule has 1 fully saturated rings. The fraction of sp³-hybridized carbons (Fsp3) is 0.833. The van der Waals surface area contributed by atoms with Crippen molar-refractivity contribution in [1.82, 2.24) is 5.32 Å². The quantitative estimate of drug-likeness (QED) is 0.571. The van der Waals surface area contributed by atoms with E-state index in [1.54, 1.807) is 0 Å². The Morgan fingerprint density at radius 1 is 1.89 bits per heavy atom. The van der Waals surface area contributed by atoms with Crippen LogP contribution in [0.3, 0.4) is 0 Å². The number of ether oxygens (including phenoxy) is 1. The summed E-state index contributed by atoms with van der Waals surface area (Å²) in [4.78, 5) is 10.5. The number of rotatable bonds is 1. The predicted octanol–water partition coefficient (Wildman–Crippen LogP) is 0.895. The zero-order chi connectivity index (χ0) is 6.91. The van der Waals surface area contributed by atoms with E-state index in [0.717, 1.165) is 6.42 Å². The summed E-state index contributed by atoms with van der Waals surface area (Å²) in [5.74, 6) is 0. The van der Waals surface area contributed by atoms with Gasteiger partial charge in [0, 0.05) is 0 Å². The Balaban J connectivity index is 2.54. The van der Waals surface area contributed by atoms with Gasteiger partial charge in [-0.05, 0) is 13.3 Å². The van der Waals surface area contributed by atoms with Crippen LogP contribution in [0.4, 0.5) is 4.79 Å². The Bertz CT molecular complexity index is 135. The third-order valence-electron chi connectivity index (χ3n) is 1.69. The average molecular weight is 129 g/mol. The molecule has 1 aliphatic heterocycles. The van der Waals surface area contributed by atoms with Crippen LogP contribution in [0.1, 0.15) is 20.3 Å². The van der Waals surface area contributed by atoms with Crippen molar-refractivity contribution < 1.29 is 9.53 Å². The molecular formula is C6H11NO2. The molecule has 0 saturated carbocycles. The zero-order valence-corrected chi connectivity index (χ0v) is 5.73. The van der Waals surface area contributed by atoms with Gasteiger partial charge in [0.2, 0.25) is 0 Å². The first-order valence-electron chi connectivity index (χ1n) is 3.13. The van der Waals surface area contributed by atoms with Crippen LogP contribution < -0.4 is 5.32 Å². The third kappa shape index (κ3) is 1.15. The van der Waals surface area contributed by atoms with Gasteiger partial charge in [-0.15, -0.1) is 0 Å². The normalized spacial score (nSPS) is 33.8. The standard InChI is InChI=1S/C6H11NO2/c1-3-6(2)4-7-5(8)9-6/h3-4H2,1-2H3,(H,7,8). The first-order valence-corrected chi connectivity index (χ1v) is 3.13. The minimum atomic E-state index is -0.292. The lowest BCUT2D eigenvalue weighted by Crippen LogP contribution is -2.27. The van der Waals surface area contributed by atoms with E-state index in [2.05, 4.69) is 5.32 Å². The van der Waals surface area contributed by atoms with Gasteiger partial charge in [0.15, 0.2) is 0 Å². The molecule has 3 heteroatoms. The summed E-state index contributed by atoms with van der Waals surface area (Å²) < 4.78 is 4.95. The van der Waals surface area contributed by atoms with E-state index in [-0.39, 0.29) is 11.7 Å². The van der Waals surface area contributed by atoms with Crippen molar-refractivity contribution in [2.24, 2.45) is 0 Å². The van der Waals surface area contributed by atoms with Gasteiger partial charge in [-0.1, -0.05) is 6.92 Å². The minimum Gasteiger partial charge on any atom is -0.441 e. The van der Waals surface area contributed by atoms with Crippen molar-refractivity contribution in [2.45, 2.75) is 25.9 Å². The lowest BCUT2D eigenvalue weighted by atomic mass is 10.1. The Labute approximate surface area is 54.4 Å². The summed E-state index contributed by atoms with van der Waals surface area (Å²) in [7, 11) is 0. The number of hydrogen-bond acceptors (Lipinski definition) is 2. The van der Waals surface area contributed by atoms with Crippen LogP contribution in [0.25, 0.3) is 0 Å². The monoisotopic (exact) mass is 129 g/mol. The van der Waals surface area contributed by atoms with Crippen LogP contribution in [0.5, 0.6) is 0 Å². The average Bonchev–Trinajstić information content (AvgIpc) is 2.13. The number of carbonyl (C=O) groups is 1. The van der Waals surface area contributed by atoms with Crippen molar-refractivity contribution in [3.05, 3.63) is 0 Å². The molecule has 0 aromatic rings. The van der Waals surface area contributed by atoms with Crippen LogP contribution >= 0.6 is 0 Å². The van der Waals surface area contributed by atoms with E-state index in [4.69, 9.17) is 4.74 Å². The second kappa shape index (κ2) is 1.90. The molecule has 1 heterocycles. The Hall–Kier alpha value is -0.730. The van der Waals surface area contributed by atoms with Crippen LogP contribution in [-0.2, 0) is 4.74 Å². The largest absolute Gasteiger partial charge is 0.441 e. The van der Waals surface area contributed by atoms with Crippen molar-refractivity contribution >= 4 is 6.09 Å². The summed E-state index contributed by atoms with van der Waals surface area (Å²) in [5, 5.41) is 2.60. The van der Waals surface area contributed by atoms with Crippen molar-refractivity contribution in [1.29, 1.82) is 0 Å². The van der Waals surface area contributed by atoms with E-state index >= 15 is 0 Å². The van der Waals surface area contributed by atoms with Crippen LogP contribution in [0, 0.1) is 0 Å². The zero-order valence-electron chi connectivity index (χ0n) is 5.73. The summed E-state index contributed by atoms with van der Waals surface area (Å²) in [6.45, 7) is 4.56. The molecule has 1 saturated heterocycles. The molecule has 0 aliphatic carbocycles. The van der Waals surface area contributed by atoms with E-state index in [9.17, 15) is 4.79 Å². The van der Waals surface area contributed by atoms with Crippen LogP contribution in [-0.4, -0.2) is 18.2 Å². The first-order chi connectivity index (χ1) is 4.16. The summed E-state index contributed by atoms with van der Waals surface area (Å²) in [5.41, 5.74) is -0.253. The molecule has 0 aromatic heterocycles. The van der Waals surface area contributed by atoms with E-state index < -0.39 is 0 Å². The molecule has 9 heavy (non-hydrogen) atoms. The molecule has 1 atom stereocenters. The lowest BCUT2D eigenvalue weighted by Gasteiger charge is -2.17. The molecule has 1 unspecified atom stereocenters. The molecule has 1 N–H and O–H groups in total. The SMILES string of the molecule is CCC1(C)CNC(=O)O1. The van der Waals surface area contributed by atoms with Gasteiger partial charge in [-0.3, -0.25) is 0 Å². The number of cyclic esters (lactones) is 1. The predicted molar refractivity (Wildman–Crippen MR) is 33.2 cm³/mol. The maximum absolute atomic E-state index is 10.5. The van der Waals surface area contributed by atoms with Crippen molar-refractivity contribution in [3.8, 4) is 0 Å². The fourth-order valence-electron chi connectivity index (χ4n) is 0.752. The highest BCUT2D eigenvalue weighted by Gasteiger charge is 2.33. The van der Waals surface area contributed by atoms with Gasteiger partial charge in [-0.25, -0.2) is 4.79 Å². The second-order valence-corrected chi connectivity index (χ2v) is 2.55. The van der Waals surface area contributed by atoms with Gasteiger partial charge in [-0.2, -0.15) is 0 Å². The smallest absolute Gasteiger partial charge is 0.407 e. The van der Waals surface area contributed by atoms with Gasteiger partial charge in [0.1, 0.15) is 5.60 Å². The van der Waals surface area contributed by atoms with Gasteiger partial charge in [0.25, 0.3) is 0 Å². The molecular weight excluding hydrogens is 118 g/mol. The first kappa shape index (κ1) is 6.39. The van der Waals surface area contributed by atoms with E-state index in [1.807, 2.05) is 13.8 Å². The number of alkyl carbamates (subject to hydrolysis) is 1. The maximum Gasteiger partial charge on any atom is 0.407 e. The molecule has 1 rings (SSSR count). The number of carbonyl (C=O) groups excluding carboxylic acids is 1. The van der Waals surface area contributed by atoms with Gasteiger partial charge >= 0.3 is 6.09 Å². The van der Waals surface area contributed by atoms with Crippen LogP contribution in [0.2, 0.25) is 0 Å². The topological polar surface area (TPSA) is 38.3 Å². The highest BCUT2D eigenvalue weighted by Crippen LogP contribution is 2.18. The number of amides is 1. The summed E-state index contributed by atoms with van der Waals surface area (Å²) in [6, 6.07) is 0. The molecule has 0 bridgehead atoms. The molecule has 1 amide bonds. The second-order valence-electron chi connectivity index (χ2n) is 2.55. The lowest BCUT2D eigenvalue weighted by molar-refractivity contribution is 0.0691. The van der Waals surface area contributed by atoms with Gasteiger partial charge < -0.3 is 10.1 Å². The molecule has 52 valence electrons. The van der Waals surface area contributed by atoms with Crippen molar-refractivity contribution in [3.63, 3.8) is 0 Å². The van der Waals surface area contributed by atoms with Crippen molar-refractivity contribution in [2.75, 3.05) is 6.54 Å². The summed E-state index contributed by atoms with van der Waals surface area (Å²) in [6.07, 6.45) is 0.575. The Morgan fingerprint density at radius 3 is 2.78 bits per heavy atom. The molecule has 3 nitrogen and oxygen atoms in total. The van der Waals surface area contributed by atoms with Crippen LogP contribution in [0.15, 0.2) is 0 Å². The molecule has 0 spiro atoms. The maximum atomic E-state index is 10.5. The van der Waals surface area contributed by atoms with E-state index in [1.165, 1.54) is 0 Å². The summed E-state index contributed by atoms with van der Waals surface area (Å²) >= 11 is 0. The molecule has 1 aliphatic rings. The molecule has 0 radical (unpaired) electrons. The number of nitrogens with one attached hydrogen (secondary N) is 1. The third-order valence-corrected chi connectivity index (χ3v) is 1.69. The van der Waals surface area contributed by atoms with E-state index in [0.29, 0.717) is 6.54 Å². The van der Waals surface area contributed by atoms with Gasteiger partial charge in [0.05, 0.1) is 6.54 Å².